The third-order valence-corrected chi connectivity index (χ3v) is 7.29. The van der Waals surface area contributed by atoms with Crippen LogP contribution in [-0.4, -0.2) is 47.5 Å². The van der Waals surface area contributed by atoms with Crippen molar-refractivity contribution in [3.05, 3.63) is 95.1 Å². The standard InChI is InChI=1S/C29H24N2O6S/c1-3-37-28(35)19-12-15-21-22(16-19)38-29(30-21)31-24(17-8-6-4-5-7-9-17)23(26(33)27(31)34)25(32)18-10-13-20(36-2)14-11-18/h4-8,10-16,24,32H,3,9H2,1-2H3/b25-23-. The van der Waals surface area contributed by atoms with Crippen molar-refractivity contribution < 1.29 is 29.0 Å². The number of Topliss-reactive ketones (excluding diaryl/α,β-unsaturated/α-hetero) is 1. The minimum Gasteiger partial charge on any atom is -0.507 e. The number of rotatable bonds is 6. The van der Waals surface area contributed by atoms with Gasteiger partial charge in [-0.25, -0.2) is 9.78 Å². The summed E-state index contributed by atoms with van der Waals surface area (Å²) in [4.78, 5) is 45.1. The topological polar surface area (TPSA) is 106 Å². The molecule has 0 bridgehead atoms. The van der Waals surface area contributed by atoms with Gasteiger partial charge in [-0.3, -0.25) is 14.5 Å². The maximum Gasteiger partial charge on any atom is 0.338 e. The Morgan fingerprint density at radius 1 is 1.11 bits per heavy atom. The van der Waals surface area contributed by atoms with Crippen molar-refractivity contribution in [2.75, 3.05) is 18.6 Å². The molecule has 192 valence electrons. The van der Waals surface area contributed by atoms with Crippen LogP contribution in [0.15, 0.2) is 84.0 Å². The van der Waals surface area contributed by atoms with Crippen LogP contribution in [0.3, 0.4) is 0 Å². The molecule has 2 aliphatic rings. The van der Waals surface area contributed by atoms with Crippen molar-refractivity contribution in [2.24, 2.45) is 0 Å². The number of aromatic nitrogens is 1. The Hall–Kier alpha value is -4.50. The Kier molecular flexibility index (Phi) is 6.93. The van der Waals surface area contributed by atoms with Gasteiger partial charge in [0.2, 0.25) is 0 Å². The Bertz CT molecular complexity index is 1560. The third kappa shape index (κ3) is 4.52. The fourth-order valence-corrected chi connectivity index (χ4v) is 5.47. The van der Waals surface area contributed by atoms with Crippen LogP contribution in [0.5, 0.6) is 5.75 Å². The van der Waals surface area contributed by atoms with Gasteiger partial charge in [0.1, 0.15) is 11.5 Å². The lowest BCUT2D eigenvalue weighted by Gasteiger charge is -2.24. The van der Waals surface area contributed by atoms with Crippen molar-refractivity contribution in [3.8, 4) is 5.75 Å². The van der Waals surface area contributed by atoms with E-state index in [-0.39, 0.29) is 17.9 Å². The number of hydrogen-bond acceptors (Lipinski definition) is 8. The summed E-state index contributed by atoms with van der Waals surface area (Å²) < 4.78 is 11.0. The summed E-state index contributed by atoms with van der Waals surface area (Å²) >= 11 is 1.19. The Balaban J connectivity index is 1.64. The summed E-state index contributed by atoms with van der Waals surface area (Å²) in [6, 6.07) is 10.7. The van der Waals surface area contributed by atoms with Gasteiger partial charge < -0.3 is 14.6 Å². The van der Waals surface area contributed by atoms with Gasteiger partial charge in [-0.2, -0.15) is 0 Å². The van der Waals surface area contributed by atoms with Crippen LogP contribution in [0, 0.1) is 0 Å². The molecule has 5 rings (SSSR count). The van der Waals surface area contributed by atoms with E-state index in [1.54, 1.807) is 49.4 Å². The van der Waals surface area contributed by atoms with Crippen molar-refractivity contribution >= 4 is 50.1 Å². The molecule has 1 fully saturated rings. The first-order valence-corrected chi connectivity index (χ1v) is 12.8. The number of ketones is 1. The van der Waals surface area contributed by atoms with Gasteiger partial charge in [0.25, 0.3) is 5.78 Å². The number of esters is 1. The number of carbonyl (C=O) groups excluding carboxylic acids is 3. The molecule has 1 saturated heterocycles. The largest absolute Gasteiger partial charge is 0.507 e. The lowest BCUT2D eigenvalue weighted by atomic mass is 9.93. The number of nitrogens with zero attached hydrogens (tertiary/aromatic N) is 2. The zero-order valence-corrected chi connectivity index (χ0v) is 21.5. The normalized spacial score (nSPS) is 18.5. The number of amides is 1. The third-order valence-electron chi connectivity index (χ3n) is 6.28. The van der Waals surface area contributed by atoms with E-state index in [0.29, 0.717) is 38.6 Å². The summed E-state index contributed by atoms with van der Waals surface area (Å²) in [5.74, 6) is -1.72. The number of aliphatic hydroxyl groups excluding tert-OH is 1. The van der Waals surface area contributed by atoms with Crippen LogP contribution in [0.1, 0.15) is 29.3 Å². The highest BCUT2D eigenvalue weighted by Crippen LogP contribution is 2.41. The van der Waals surface area contributed by atoms with Crippen LogP contribution in [-0.2, 0) is 14.3 Å². The van der Waals surface area contributed by atoms with E-state index in [1.807, 2.05) is 30.4 Å². The highest BCUT2D eigenvalue weighted by atomic mass is 32.1. The van der Waals surface area contributed by atoms with Crippen LogP contribution < -0.4 is 9.64 Å². The van der Waals surface area contributed by atoms with E-state index < -0.39 is 23.7 Å². The van der Waals surface area contributed by atoms with E-state index in [2.05, 4.69) is 4.98 Å². The number of thiazole rings is 1. The molecule has 1 aromatic heterocycles. The van der Waals surface area contributed by atoms with E-state index >= 15 is 0 Å². The monoisotopic (exact) mass is 528 g/mol. The molecule has 0 spiro atoms. The molecule has 1 N–H and O–H groups in total. The first kappa shape index (κ1) is 25.2. The van der Waals surface area contributed by atoms with Crippen molar-refractivity contribution in [2.45, 2.75) is 19.4 Å². The van der Waals surface area contributed by atoms with Gasteiger partial charge in [0, 0.05) is 5.56 Å². The number of allylic oxidation sites excluding steroid dienone is 5. The number of carbonyl (C=O) groups is 3. The molecular formula is C29H24N2O6S. The maximum absolute atomic E-state index is 13.5. The van der Waals surface area contributed by atoms with Gasteiger partial charge in [-0.15, -0.1) is 0 Å². The molecule has 38 heavy (non-hydrogen) atoms. The van der Waals surface area contributed by atoms with Gasteiger partial charge in [0.15, 0.2) is 5.13 Å². The molecule has 1 aliphatic carbocycles. The smallest absolute Gasteiger partial charge is 0.338 e. The highest BCUT2D eigenvalue weighted by molar-refractivity contribution is 7.22. The van der Waals surface area contributed by atoms with Crippen LogP contribution >= 0.6 is 11.3 Å². The molecule has 0 radical (unpaired) electrons. The average molecular weight is 529 g/mol. The van der Waals surface area contributed by atoms with Crippen molar-refractivity contribution in [1.29, 1.82) is 0 Å². The van der Waals surface area contributed by atoms with Gasteiger partial charge in [-0.05, 0) is 61.4 Å². The number of aliphatic hydroxyl groups is 1. The molecular weight excluding hydrogens is 504 g/mol. The van der Waals surface area contributed by atoms with E-state index in [9.17, 15) is 19.5 Å². The highest BCUT2D eigenvalue weighted by Gasteiger charge is 2.48. The predicted octanol–water partition coefficient (Wildman–Crippen LogP) is 5.18. The summed E-state index contributed by atoms with van der Waals surface area (Å²) in [6.45, 7) is 1.98. The number of anilines is 1. The number of methoxy groups -OCH3 is 1. The summed E-state index contributed by atoms with van der Waals surface area (Å²) in [6.07, 6.45) is 9.80. The first-order valence-electron chi connectivity index (χ1n) is 12.0. The van der Waals surface area contributed by atoms with E-state index in [1.165, 1.54) is 23.3 Å². The van der Waals surface area contributed by atoms with Gasteiger partial charge >= 0.3 is 11.9 Å². The lowest BCUT2D eigenvalue weighted by molar-refractivity contribution is -0.132. The Labute approximate surface area is 222 Å². The second kappa shape index (κ2) is 10.5. The molecule has 1 atom stereocenters. The molecule has 1 amide bonds. The fraction of sp³-hybridized carbons (Fsp3) is 0.172. The number of ether oxygens (including phenoxy) is 2. The second-order valence-electron chi connectivity index (χ2n) is 8.56. The minimum atomic E-state index is -0.866. The van der Waals surface area contributed by atoms with Gasteiger partial charge in [0.05, 0.1) is 41.1 Å². The van der Waals surface area contributed by atoms with Crippen LogP contribution in [0.2, 0.25) is 0 Å². The maximum atomic E-state index is 13.5. The Morgan fingerprint density at radius 2 is 1.87 bits per heavy atom. The Morgan fingerprint density at radius 3 is 2.61 bits per heavy atom. The molecule has 1 aliphatic heterocycles. The predicted molar refractivity (Wildman–Crippen MR) is 145 cm³/mol. The zero-order valence-electron chi connectivity index (χ0n) is 20.7. The molecule has 2 aromatic carbocycles. The zero-order chi connectivity index (χ0) is 26.8. The molecule has 0 saturated carbocycles. The number of fused-ring (bicyclic) bond motifs is 1. The quantitative estimate of drug-likeness (QED) is 0.203. The molecule has 8 nitrogen and oxygen atoms in total. The molecule has 1 unspecified atom stereocenters. The first-order chi connectivity index (χ1) is 18.4. The fourth-order valence-electron chi connectivity index (χ4n) is 4.44. The summed E-state index contributed by atoms with van der Waals surface area (Å²) in [5.41, 5.74) is 2.06. The summed E-state index contributed by atoms with van der Waals surface area (Å²) in [7, 11) is 1.54. The minimum absolute atomic E-state index is 0.0124. The van der Waals surface area contributed by atoms with Crippen LogP contribution in [0.4, 0.5) is 5.13 Å². The van der Waals surface area contributed by atoms with Crippen molar-refractivity contribution in [3.63, 3.8) is 0 Å². The van der Waals surface area contributed by atoms with Gasteiger partial charge in [-0.1, -0.05) is 41.7 Å². The van der Waals surface area contributed by atoms with Crippen LogP contribution in [0.25, 0.3) is 16.0 Å². The number of benzene rings is 2. The summed E-state index contributed by atoms with van der Waals surface area (Å²) in [5, 5.41) is 11.6. The van der Waals surface area contributed by atoms with Crippen molar-refractivity contribution in [1.82, 2.24) is 4.98 Å². The SMILES string of the molecule is CCOC(=O)c1ccc2nc(N3C(=O)C(=O)/C(=C(\O)c4ccc(OC)cc4)C3C3=CC=CC=CC3)sc2c1. The van der Waals surface area contributed by atoms with E-state index in [0.717, 1.165) is 5.57 Å². The molecule has 2 heterocycles. The molecule has 9 heteroatoms. The molecule has 3 aromatic rings. The van der Waals surface area contributed by atoms with E-state index in [4.69, 9.17) is 9.47 Å². The second-order valence-corrected chi connectivity index (χ2v) is 9.56. The average Bonchev–Trinajstić information content (AvgIpc) is 3.32. The lowest BCUT2D eigenvalue weighted by Crippen LogP contribution is -2.35. The number of hydrogen-bond donors (Lipinski definition) is 1.